The van der Waals surface area contributed by atoms with Crippen LogP contribution in [-0.4, -0.2) is 85.4 Å². The van der Waals surface area contributed by atoms with Crippen molar-refractivity contribution >= 4 is 17.3 Å². The molecule has 0 unspecified atom stereocenters. The Hall–Kier alpha value is -2.98. The Kier molecular flexibility index (Phi) is 6.43. The van der Waals surface area contributed by atoms with Crippen molar-refractivity contribution in [1.82, 2.24) is 14.9 Å². The molecular weight excluding hydrogens is 412 g/mol. The topological polar surface area (TPSA) is 97.1 Å². The molecule has 0 spiro atoms. The lowest BCUT2D eigenvalue weighted by molar-refractivity contribution is -0.384. The molecule has 3 heterocycles. The van der Waals surface area contributed by atoms with E-state index >= 15 is 0 Å². The molecule has 0 N–H and O–H groups in total. The second kappa shape index (κ2) is 9.25. The van der Waals surface area contributed by atoms with Crippen molar-refractivity contribution < 1.29 is 14.4 Å². The first-order valence-electron chi connectivity index (χ1n) is 10.9. The minimum Gasteiger partial charge on any atom is -0.496 e. The molecule has 172 valence electrons. The van der Waals surface area contributed by atoms with Crippen LogP contribution < -0.4 is 14.5 Å². The summed E-state index contributed by atoms with van der Waals surface area (Å²) in [6.45, 7) is 8.46. The maximum Gasteiger partial charge on any atom is 0.293 e. The second-order valence-corrected chi connectivity index (χ2v) is 8.44. The van der Waals surface area contributed by atoms with Gasteiger partial charge in [0.15, 0.2) is 0 Å². The molecule has 2 fully saturated rings. The average Bonchev–Trinajstić information content (AvgIpc) is 2.82. The first kappa shape index (κ1) is 22.2. The quantitative estimate of drug-likeness (QED) is 0.511. The molecule has 2 aliphatic rings. The van der Waals surface area contributed by atoms with Gasteiger partial charge in [-0.1, -0.05) is 0 Å². The number of aromatic nitrogens is 2. The lowest BCUT2D eigenvalue weighted by atomic mass is 10.0. The van der Waals surface area contributed by atoms with Gasteiger partial charge in [-0.3, -0.25) is 15.0 Å². The van der Waals surface area contributed by atoms with E-state index < -0.39 is 0 Å². The third kappa shape index (κ3) is 4.33. The van der Waals surface area contributed by atoms with Crippen LogP contribution in [0.4, 0.5) is 17.3 Å². The maximum atomic E-state index is 12.0. The summed E-state index contributed by atoms with van der Waals surface area (Å²) in [5.74, 6) is 1.19. The van der Waals surface area contributed by atoms with Gasteiger partial charge in [0.25, 0.3) is 5.69 Å². The number of nitro groups is 1. The van der Waals surface area contributed by atoms with Crippen molar-refractivity contribution in [3.8, 4) is 16.9 Å². The predicted molar refractivity (Wildman–Crippen MR) is 123 cm³/mol. The van der Waals surface area contributed by atoms with Crippen LogP contribution in [0.5, 0.6) is 5.75 Å². The monoisotopic (exact) mass is 442 g/mol. The number of anilines is 2. The molecule has 10 heteroatoms. The molecule has 32 heavy (non-hydrogen) atoms. The van der Waals surface area contributed by atoms with Crippen LogP contribution in [0.25, 0.3) is 11.1 Å². The second-order valence-electron chi connectivity index (χ2n) is 8.44. The number of methoxy groups -OCH3 is 1. The molecule has 0 bridgehead atoms. The molecule has 2 aromatic rings. The van der Waals surface area contributed by atoms with E-state index in [0.29, 0.717) is 54.8 Å². The third-order valence-corrected chi connectivity index (χ3v) is 6.44. The molecule has 1 aromatic carbocycles. The fourth-order valence-corrected chi connectivity index (χ4v) is 4.34. The summed E-state index contributed by atoms with van der Waals surface area (Å²) in [6, 6.07) is 3.92. The molecule has 2 saturated heterocycles. The van der Waals surface area contributed by atoms with Crippen LogP contribution in [-0.2, 0) is 4.74 Å². The van der Waals surface area contributed by atoms with Gasteiger partial charge in [-0.05, 0) is 20.9 Å². The van der Waals surface area contributed by atoms with Gasteiger partial charge in [0.1, 0.15) is 11.4 Å². The van der Waals surface area contributed by atoms with E-state index in [9.17, 15) is 10.1 Å². The maximum absolute atomic E-state index is 12.0. The third-order valence-electron chi connectivity index (χ3n) is 6.44. The molecule has 0 saturated carbocycles. The minimum absolute atomic E-state index is 0.0574. The number of likely N-dealkylation sites (N-methyl/N-ethyl adjacent to an activating group) is 1. The van der Waals surface area contributed by atoms with E-state index in [0.717, 1.165) is 13.1 Å². The van der Waals surface area contributed by atoms with Crippen molar-refractivity contribution in [2.24, 2.45) is 0 Å². The fourth-order valence-electron chi connectivity index (χ4n) is 4.34. The number of benzene rings is 1. The number of rotatable bonds is 5. The molecule has 2 aliphatic heterocycles. The highest BCUT2D eigenvalue weighted by molar-refractivity contribution is 5.79. The van der Waals surface area contributed by atoms with Gasteiger partial charge in [0, 0.05) is 73.9 Å². The highest BCUT2D eigenvalue weighted by Gasteiger charge is 2.31. The van der Waals surface area contributed by atoms with E-state index in [-0.39, 0.29) is 22.7 Å². The Morgan fingerprint density at radius 2 is 1.72 bits per heavy atom. The summed E-state index contributed by atoms with van der Waals surface area (Å²) in [5, 5.41) is 12.0. The Balaban J connectivity index is 1.69. The lowest BCUT2D eigenvalue weighted by Crippen LogP contribution is -2.55. The van der Waals surface area contributed by atoms with Gasteiger partial charge in [-0.15, -0.1) is 0 Å². The fraction of sp³-hybridized carbons (Fsp3) is 0.545. The number of morpholine rings is 1. The number of nitrogens with zero attached hydrogens (tertiary/aromatic N) is 6. The highest BCUT2D eigenvalue weighted by Crippen LogP contribution is 2.41. The molecule has 2 atom stereocenters. The van der Waals surface area contributed by atoms with E-state index in [2.05, 4.69) is 45.6 Å². The van der Waals surface area contributed by atoms with E-state index in [1.54, 1.807) is 31.6 Å². The predicted octanol–water partition coefficient (Wildman–Crippen LogP) is 2.43. The number of piperazine rings is 1. The van der Waals surface area contributed by atoms with Crippen molar-refractivity contribution in [2.75, 3.05) is 63.4 Å². The summed E-state index contributed by atoms with van der Waals surface area (Å²) >= 11 is 0. The Morgan fingerprint density at radius 1 is 1.09 bits per heavy atom. The lowest BCUT2D eigenvalue weighted by Gasteiger charge is -2.43. The number of hydrogen-bond acceptors (Lipinski definition) is 9. The van der Waals surface area contributed by atoms with Crippen LogP contribution in [0, 0.1) is 10.1 Å². The summed E-state index contributed by atoms with van der Waals surface area (Å²) in [4.78, 5) is 27.1. The first-order chi connectivity index (χ1) is 15.4. The summed E-state index contributed by atoms with van der Waals surface area (Å²) in [6.07, 6.45) is 3.39. The summed E-state index contributed by atoms with van der Waals surface area (Å²) in [5.41, 5.74) is 1.91. The zero-order valence-corrected chi connectivity index (χ0v) is 19.0. The summed E-state index contributed by atoms with van der Waals surface area (Å²) < 4.78 is 11.0. The zero-order valence-electron chi connectivity index (χ0n) is 19.0. The van der Waals surface area contributed by atoms with Crippen molar-refractivity contribution in [3.63, 3.8) is 0 Å². The molecule has 4 rings (SSSR count). The number of hydrogen-bond donors (Lipinski definition) is 0. The van der Waals surface area contributed by atoms with Gasteiger partial charge in [-0.25, -0.2) is 9.97 Å². The largest absolute Gasteiger partial charge is 0.496 e. The van der Waals surface area contributed by atoms with Crippen LogP contribution in [0.2, 0.25) is 0 Å². The molecular formula is C22H30N6O4. The molecule has 1 aromatic heterocycles. The smallest absolute Gasteiger partial charge is 0.293 e. The Labute approximate surface area is 187 Å². The SMILES string of the molecule is COc1cc(N2C[C@@H](C)N(C)[C@@H](C)C2)c([N+](=O)[O-])cc1-c1cnc(N2CCOCC2)nc1. The van der Waals surface area contributed by atoms with Crippen LogP contribution in [0.15, 0.2) is 24.5 Å². The van der Waals surface area contributed by atoms with Crippen molar-refractivity contribution in [1.29, 1.82) is 0 Å². The van der Waals surface area contributed by atoms with Gasteiger partial charge in [-0.2, -0.15) is 0 Å². The van der Waals surface area contributed by atoms with E-state index in [1.807, 2.05) is 0 Å². The van der Waals surface area contributed by atoms with Crippen LogP contribution in [0.3, 0.4) is 0 Å². The standard InChI is InChI=1S/C22H30N6O4/c1-15-13-27(14-16(2)25(15)3)19-10-21(31-4)18(9-20(19)28(29)30)17-11-23-22(24-12-17)26-5-7-32-8-6-26/h9-12,15-16H,5-8,13-14H2,1-4H3/t15-,16+. The van der Waals surface area contributed by atoms with E-state index in [4.69, 9.17) is 9.47 Å². The van der Waals surface area contributed by atoms with Crippen LogP contribution >= 0.6 is 0 Å². The minimum atomic E-state index is -0.325. The van der Waals surface area contributed by atoms with Crippen molar-refractivity contribution in [3.05, 3.63) is 34.6 Å². The van der Waals surface area contributed by atoms with Crippen molar-refractivity contribution in [2.45, 2.75) is 25.9 Å². The number of ether oxygens (including phenoxy) is 2. The van der Waals surface area contributed by atoms with Gasteiger partial charge in [0.2, 0.25) is 5.95 Å². The Morgan fingerprint density at radius 3 is 2.28 bits per heavy atom. The molecule has 0 radical (unpaired) electrons. The molecule has 0 amide bonds. The first-order valence-corrected chi connectivity index (χ1v) is 10.9. The van der Waals surface area contributed by atoms with Gasteiger partial charge >= 0.3 is 0 Å². The average molecular weight is 443 g/mol. The Bertz CT molecular complexity index is 952. The summed E-state index contributed by atoms with van der Waals surface area (Å²) in [7, 11) is 3.66. The molecule has 0 aliphatic carbocycles. The van der Waals surface area contributed by atoms with E-state index in [1.165, 1.54) is 0 Å². The number of nitro benzene ring substituents is 1. The van der Waals surface area contributed by atoms with Crippen LogP contribution in [0.1, 0.15) is 13.8 Å². The highest BCUT2D eigenvalue weighted by atomic mass is 16.6. The van der Waals surface area contributed by atoms with Gasteiger partial charge in [0.05, 0.1) is 25.2 Å². The zero-order chi connectivity index (χ0) is 22.8. The normalized spacial score (nSPS) is 22.1. The molecule has 10 nitrogen and oxygen atoms in total. The van der Waals surface area contributed by atoms with Gasteiger partial charge < -0.3 is 19.3 Å².